The molecule has 0 aliphatic heterocycles. The van der Waals surface area contributed by atoms with Crippen molar-refractivity contribution >= 4 is 33.4 Å². The van der Waals surface area contributed by atoms with Gasteiger partial charge in [-0.25, -0.2) is 13.1 Å². The second kappa shape index (κ2) is 10.9. The molecule has 6 nitrogen and oxygen atoms in total. The van der Waals surface area contributed by atoms with Gasteiger partial charge in [0.15, 0.2) is 11.0 Å². The van der Waals surface area contributed by atoms with E-state index in [0.29, 0.717) is 27.7 Å². The van der Waals surface area contributed by atoms with Crippen LogP contribution < -0.4 is 4.72 Å². The maximum absolute atomic E-state index is 13.1. The number of hydrogen-bond acceptors (Lipinski definition) is 5. The van der Waals surface area contributed by atoms with E-state index in [4.69, 9.17) is 11.6 Å². The van der Waals surface area contributed by atoms with Crippen LogP contribution in [0.5, 0.6) is 0 Å². The molecule has 0 saturated heterocycles. The maximum Gasteiger partial charge on any atom is 0.416 e. The van der Waals surface area contributed by atoms with Crippen LogP contribution in [-0.2, 0) is 22.0 Å². The van der Waals surface area contributed by atoms with Gasteiger partial charge in [-0.05, 0) is 55.3 Å². The highest BCUT2D eigenvalue weighted by molar-refractivity contribution is 7.98. The van der Waals surface area contributed by atoms with Crippen molar-refractivity contribution in [2.24, 2.45) is 0 Å². The normalized spacial score (nSPS) is 13.0. The zero-order valence-corrected chi connectivity index (χ0v) is 22.1. The molecule has 37 heavy (non-hydrogen) atoms. The van der Waals surface area contributed by atoms with Gasteiger partial charge in [0.05, 0.1) is 22.2 Å². The zero-order valence-electron chi connectivity index (χ0n) is 19.7. The second-order valence-corrected chi connectivity index (χ2v) is 11.3. The molecule has 1 heterocycles. The summed E-state index contributed by atoms with van der Waals surface area (Å²) in [7, 11) is -4.32. The molecule has 12 heteroatoms. The number of halogens is 4. The first-order valence-corrected chi connectivity index (χ1v) is 13.9. The number of nitrogens with one attached hydrogen (secondary N) is 1. The number of rotatable bonds is 8. The fourth-order valence-corrected chi connectivity index (χ4v) is 5.94. The fourth-order valence-electron chi connectivity index (χ4n) is 3.62. The lowest BCUT2D eigenvalue weighted by atomic mass is 10.2. The smallest absolute Gasteiger partial charge is 0.272 e. The first kappa shape index (κ1) is 27.2. The van der Waals surface area contributed by atoms with Gasteiger partial charge in [0.1, 0.15) is 0 Å². The largest absolute Gasteiger partial charge is 0.416 e. The molecule has 0 aliphatic carbocycles. The molecule has 0 amide bonds. The van der Waals surface area contributed by atoms with Crippen LogP contribution in [0.1, 0.15) is 35.5 Å². The highest BCUT2D eigenvalue weighted by Crippen LogP contribution is 2.32. The zero-order chi connectivity index (χ0) is 26.8. The lowest BCUT2D eigenvalue weighted by molar-refractivity contribution is -0.137. The molecule has 194 valence electrons. The number of aryl methyl sites for hydroxylation is 1. The van der Waals surface area contributed by atoms with Crippen molar-refractivity contribution in [1.82, 2.24) is 19.5 Å². The van der Waals surface area contributed by atoms with Crippen LogP contribution >= 0.6 is 23.4 Å². The van der Waals surface area contributed by atoms with Gasteiger partial charge in [0, 0.05) is 10.8 Å². The summed E-state index contributed by atoms with van der Waals surface area (Å²) in [6, 6.07) is 17.7. The molecule has 0 radical (unpaired) electrons. The van der Waals surface area contributed by atoms with Gasteiger partial charge in [0.2, 0.25) is 10.0 Å². The summed E-state index contributed by atoms with van der Waals surface area (Å²) in [5.41, 5.74) is 1.51. The molecule has 3 aromatic carbocycles. The van der Waals surface area contributed by atoms with Crippen LogP contribution in [-0.4, -0.2) is 23.2 Å². The third-order valence-corrected chi connectivity index (χ3v) is 8.25. The fraction of sp³-hybridized carbons (Fsp3) is 0.200. The number of sulfonamides is 1. The van der Waals surface area contributed by atoms with Crippen LogP contribution in [0.15, 0.2) is 82.8 Å². The summed E-state index contributed by atoms with van der Waals surface area (Å²) in [6.45, 7) is 3.43. The minimum atomic E-state index is -4.67. The van der Waals surface area contributed by atoms with E-state index in [1.807, 2.05) is 43.3 Å². The number of alkyl halides is 3. The molecule has 0 aliphatic rings. The molecular weight excluding hydrogens is 545 g/mol. The summed E-state index contributed by atoms with van der Waals surface area (Å²) in [6.07, 6.45) is -4.67. The topological polar surface area (TPSA) is 76.9 Å². The molecular formula is C25H22ClF3N4O2S2. The maximum atomic E-state index is 13.1. The molecule has 0 bridgehead atoms. The first-order valence-electron chi connectivity index (χ1n) is 11.0. The minimum Gasteiger partial charge on any atom is -0.272 e. The van der Waals surface area contributed by atoms with Gasteiger partial charge in [0.25, 0.3) is 0 Å². The summed E-state index contributed by atoms with van der Waals surface area (Å²) >= 11 is 7.68. The van der Waals surface area contributed by atoms with E-state index in [2.05, 4.69) is 14.9 Å². The molecule has 4 aromatic rings. The number of thioether (sulfide) groups is 1. The van der Waals surface area contributed by atoms with E-state index in [9.17, 15) is 21.6 Å². The highest BCUT2D eigenvalue weighted by atomic mass is 35.5. The van der Waals surface area contributed by atoms with Crippen molar-refractivity contribution in [2.45, 2.75) is 41.9 Å². The predicted octanol–water partition coefficient (Wildman–Crippen LogP) is 6.58. The van der Waals surface area contributed by atoms with Crippen molar-refractivity contribution in [3.05, 3.63) is 100 Å². The number of benzene rings is 3. The summed E-state index contributed by atoms with van der Waals surface area (Å²) < 4.78 is 69.6. The van der Waals surface area contributed by atoms with Crippen molar-refractivity contribution in [3.63, 3.8) is 0 Å². The van der Waals surface area contributed by atoms with Crippen LogP contribution in [0.4, 0.5) is 13.2 Å². The lowest BCUT2D eigenvalue weighted by Crippen LogP contribution is -2.29. The third-order valence-electron chi connectivity index (χ3n) is 5.47. The molecule has 4 rings (SSSR count). The average molecular weight is 567 g/mol. The van der Waals surface area contributed by atoms with Crippen LogP contribution in [0, 0.1) is 6.92 Å². The summed E-state index contributed by atoms with van der Waals surface area (Å²) in [5, 5.41) is 9.53. The molecule has 1 unspecified atom stereocenters. The summed E-state index contributed by atoms with van der Waals surface area (Å²) in [5.74, 6) is 0.847. The van der Waals surface area contributed by atoms with Crippen molar-refractivity contribution in [1.29, 1.82) is 0 Å². The monoisotopic (exact) mass is 566 g/mol. The van der Waals surface area contributed by atoms with E-state index < -0.39 is 32.7 Å². The average Bonchev–Trinajstić information content (AvgIpc) is 3.28. The predicted molar refractivity (Wildman–Crippen MR) is 137 cm³/mol. The van der Waals surface area contributed by atoms with E-state index in [1.54, 1.807) is 23.6 Å². The van der Waals surface area contributed by atoms with Crippen LogP contribution in [0.25, 0.3) is 5.69 Å². The molecule has 1 aromatic heterocycles. The Morgan fingerprint density at radius 3 is 2.46 bits per heavy atom. The van der Waals surface area contributed by atoms with Crippen molar-refractivity contribution < 1.29 is 21.6 Å². The van der Waals surface area contributed by atoms with Gasteiger partial charge in [-0.2, -0.15) is 13.2 Å². The second-order valence-electron chi connectivity index (χ2n) is 8.25. The van der Waals surface area contributed by atoms with Crippen LogP contribution in [0.3, 0.4) is 0 Å². The van der Waals surface area contributed by atoms with Gasteiger partial charge in [-0.3, -0.25) is 4.57 Å². The Hall–Kier alpha value is -2.86. The molecule has 0 fully saturated rings. The Kier molecular flexibility index (Phi) is 7.98. The molecule has 0 spiro atoms. The number of aromatic nitrogens is 3. The summed E-state index contributed by atoms with van der Waals surface area (Å²) in [4.78, 5) is -0.502. The van der Waals surface area contributed by atoms with Crippen molar-refractivity contribution in [2.75, 3.05) is 0 Å². The Bertz CT molecular complexity index is 1510. The Morgan fingerprint density at radius 1 is 1.03 bits per heavy atom. The molecule has 1 atom stereocenters. The standard InChI is InChI=1S/C25H22ClF3N4O2S2/c1-16-11-12-20(26)14-22(16)33-23(30-31-24(33)36-15-18-7-4-3-5-8-18)17(2)32-37(34,35)21-10-6-9-19(13-21)25(27,28)29/h3-14,17,32H,15H2,1-2H3. The number of nitrogens with zero attached hydrogens (tertiary/aromatic N) is 3. The Balaban J connectivity index is 1.70. The van der Waals surface area contributed by atoms with E-state index >= 15 is 0 Å². The molecule has 0 saturated carbocycles. The molecule has 1 N–H and O–H groups in total. The van der Waals surface area contributed by atoms with Gasteiger partial charge in [-0.15, -0.1) is 10.2 Å². The lowest BCUT2D eigenvalue weighted by Gasteiger charge is -2.18. The number of hydrogen-bond donors (Lipinski definition) is 1. The Morgan fingerprint density at radius 2 is 1.76 bits per heavy atom. The Labute approximate surface area is 221 Å². The minimum absolute atomic E-state index is 0.261. The third kappa shape index (κ3) is 6.35. The van der Waals surface area contributed by atoms with Crippen molar-refractivity contribution in [3.8, 4) is 5.69 Å². The van der Waals surface area contributed by atoms with E-state index in [1.165, 1.54) is 11.8 Å². The quantitative estimate of drug-likeness (QED) is 0.244. The van der Waals surface area contributed by atoms with Gasteiger partial charge < -0.3 is 0 Å². The SMILES string of the molecule is Cc1ccc(Cl)cc1-n1c(SCc2ccccc2)nnc1C(C)NS(=O)(=O)c1cccc(C(F)(F)F)c1. The highest BCUT2D eigenvalue weighted by Gasteiger charge is 2.32. The van der Waals surface area contributed by atoms with E-state index in [0.717, 1.165) is 29.3 Å². The van der Waals surface area contributed by atoms with Crippen LogP contribution in [0.2, 0.25) is 5.02 Å². The van der Waals surface area contributed by atoms with Gasteiger partial charge >= 0.3 is 6.18 Å². The van der Waals surface area contributed by atoms with E-state index in [-0.39, 0.29) is 5.82 Å². The first-order chi connectivity index (χ1) is 17.5. The van der Waals surface area contributed by atoms with Gasteiger partial charge in [-0.1, -0.05) is 65.8 Å².